The Morgan fingerprint density at radius 3 is 2.46 bits per heavy atom. The third kappa shape index (κ3) is 5.75. The van der Waals surface area contributed by atoms with Crippen molar-refractivity contribution in [2.45, 2.75) is 64.7 Å². The number of Topliss-reactive ketones (excluding diaryl/α,β-unsaturated/α-hetero) is 1. The van der Waals surface area contributed by atoms with Crippen LogP contribution >= 0.6 is 11.8 Å². The highest BCUT2D eigenvalue weighted by Gasteiger charge is 2.23. The Kier molecular flexibility index (Phi) is 8.71. The number of carbonyl (C=O) groups is 1. The summed E-state index contributed by atoms with van der Waals surface area (Å²) in [6, 6.07) is 7.12. The van der Waals surface area contributed by atoms with E-state index < -0.39 is 17.0 Å². The zero-order valence-corrected chi connectivity index (χ0v) is 21.6. The highest BCUT2D eigenvalue weighted by Crippen LogP contribution is 2.21. The van der Waals surface area contributed by atoms with E-state index in [4.69, 9.17) is 5.73 Å². The van der Waals surface area contributed by atoms with E-state index in [0.717, 1.165) is 42.0 Å². The van der Waals surface area contributed by atoms with E-state index in [1.807, 2.05) is 19.9 Å². The van der Waals surface area contributed by atoms with E-state index in [2.05, 4.69) is 11.9 Å². The van der Waals surface area contributed by atoms with Crippen LogP contribution in [0.1, 0.15) is 56.8 Å². The molecule has 0 fully saturated rings. The van der Waals surface area contributed by atoms with Crippen molar-refractivity contribution in [2.75, 3.05) is 11.5 Å². The van der Waals surface area contributed by atoms with Crippen molar-refractivity contribution in [3.63, 3.8) is 0 Å². The number of hydrogen-bond acceptors (Lipinski definition) is 7. The minimum Gasteiger partial charge on any atom is -0.384 e. The Balaban J connectivity index is 1.96. The van der Waals surface area contributed by atoms with Crippen molar-refractivity contribution in [1.29, 1.82) is 0 Å². The molecule has 1 aromatic carbocycles. The number of hydrogen-bond donors (Lipinski definition) is 1. The van der Waals surface area contributed by atoms with E-state index in [1.54, 1.807) is 22.8 Å². The van der Waals surface area contributed by atoms with Crippen LogP contribution in [0.25, 0.3) is 10.9 Å². The van der Waals surface area contributed by atoms with Gasteiger partial charge in [0, 0.05) is 20.1 Å². The Labute approximate surface area is 208 Å². The largest absolute Gasteiger partial charge is 0.384 e. The molecule has 2 aromatic heterocycles. The molecule has 0 saturated carbocycles. The first kappa shape index (κ1) is 26.5. The number of nitrogens with two attached hydrogens (primary N) is 1. The second-order valence-corrected chi connectivity index (χ2v) is 9.99. The van der Waals surface area contributed by atoms with Crippen LogP contribution in [0, 0.1) is 5.92 Å². The molecule has 3 aromatic rings. The molecule has 0 atom stereocenters. The Morgan fingerprint density at radius 2 is 1.77 bits per heavy atom. The van der Waals surface area contributed by atoms with Crippen LogP contribution in [0.5, 0.6) is 0 Å². The summed E-state index contributed by atoms with van der Waals surface area (Å²) >= 11 is 1.10. The number of thioether (sulfide) groups is 1. The number of para-hydroxylation sites is 1. The van der Waals surface area contributed by atoms with E-state index >= 15 is 0 Å². The number of nitrogen functional groups attached to an aromatic ring is 1. The summed E-state index contributed by atoms with van der Waals surface area (Å²) in [7, 11) is 1.34. The van der Waals surface area contributed by atoms with Crippen molar-refractivity contribution in [1.82, 2.24) is 18.7 Å². The third-order valence-corrected chi connectivity index (χ3v) is 6.78. The van der Waals surface area contributed by atoms with Gasteiger partial charge >= 0.3 is 5.69 Å². The molecule has 0 aliphatic heterocycles. The van der Waals surface area contributed by atoms with Crippen LogP contribution in [0.4, 0.5) is 5.82 Å². The van der Waals surface area contributed by atoms with Crippen molar-refractivity contribution in [3.8, 4) is 0 Å². The molecule has 0 aliphatic carbocycles. The van der Waals surface area contributed by atoms with E-state index in [1.165, 1.54) is 11.6 Å². The van der Waals surface area contributed by atoms with Crippen molar-refractivity contribution < 1.29 is 4.79 Å². The number of rotatable bonds is 11. The molecule has 3 rings (SSSR count). The van der Waals surface area contributed by atoms with Gasteiger partial charge in [0.25, 0.3) is 11.1 Å². The van der Waals surface area contributed by atoms with Crippen LogP contribution < -0.4 is 22.5 Å². The quantitative estimate of drug-likeness (QED) is 0.186. The predicted molar refractivity (Wildman–Crippen MR) is 140 cm³/mol. The maximum atomic E-state index is 13.2. The highest BCUT2D eigenvalue weighted by molar-refractivity contribution is 7.99. The maximum absolute atomic E-state index is 13.2. The van der Waals surface area contributed by atoms with Gasteiger partial charge in [0.1, 0.15) is 11.4 Å². The summed E-state index contributed by atoms with van der Waals surface area (Å²) in [6.07, 6.45) is 3.97. The lowest BCUT2D eigenvalue weighted by molar-refractivity contribution is 0.102. The predicted octanol–water partition coefficient (Wildman–Crippen LogP) is 3.05. The molecule has 0 radical (unpaired) electrons. The van der Waals surface area contributed by atoms with Gasteiger partial charge < -0.3 is 5.73 Å². The summed E-state index contributed by atoms with van der Waals surface area (Å²) in [5.41, 5.74) is 5.06. The summed E-state index contributed by atoms with van der Waals surface area (Å²) in [6.45, 7) is 6.74. The van der Waals surface area contributed by atoms with Gasteiger partial charge in [0.15, 0.2) is 10.9 Å². The molecule has 10 heteroatoms. The standard InChI is InChI=1S/C25H33N5O4S/c1-5-6-7-10-13-29-22(32)17-11-8-9-12-18(17)27-24(29)35-15-19(31)20-21(26)30(14-16(2)3)25(34)28(4)23(20)33/h8-9,11-12,16H,5-7,10,13-15,26H2,1-4H3. The SMILES string of the molecule is CCCCCCn1c(SCC(=O)c2c(N)n(CC(C)C)c(=O)n(C)c2=O)nc2ccccc2c1=O. The molecular weight excluding hydrogens is 466 g/mol. The minimum atomic E-state index is -0.721. The Hall–Kier alpha value is -3.14. The van der Waals surface area contributed by atoms with Gasteiger partial charge in [-0.15, -0.1) is 0 Å². The summed E-state index contributed by atoms with van der Waals surface area (Å²) in [4.78, 5) is 56.3. The fourth-order valence-corrected chi connectivity index (χ4v) is 4.84. The number of fused-ring (bicyclic) bond motifs is 1. The molecule has 0 aliphatic rings. The monoisotopic (exact) mass is 499 g/mol. The second-order valence-electron chi connectivity index (χ2n) is 9.05. The highest BCUT2D eigenvalue weighted by atomic mass is 32.2. The number of carbonyl (C=O) groups excluding carboxylic acids is 1. The molecular formula is C25H33N5O4S. The van der Waals surface area contributed by atoms with Gasteiger partial charge in [-0.2, -0.15) is 0 Å². The lowest BCUT2D eigenvalue weighted by Crippen LogP contribution is -2.43. The lowest BCUT2D eigenvalue weighted by Gasteiger charge is -2.16. The topological polar surface area (TPSA) is 122 Å². The van der Waals surface area contributed by atoms with Gasteiger partial charge in [-0.05, 0) is 24.5 Å². The summed E-state index contributed by atoms with van der Waals surface area (Å²) in [5, 5.41) is 0.946. The molecule has 188 valence electrons. The molecule has 9 nitrogen and oxygen atoms in total. The molecule has 0 bridgehead atoms. The Bertz CT molecular complexity index is 1400. The number of nitrogens with zero attached hydrogens (tertiary/aromatic N) is 4. The smallest absolute Gasteiger partial charge is 0.332 e. The molecule has 0 spiro atoms. The average Bonchev–Trinajstić information content (AvgIpc) is 2.83. The van der Waals surface area contributed by atoms with E-state index in [9.17, 15) is 19.2 Å². The third-order valence-electron chi connectivity index (χ3n) is 5.80. The van der Waals surface area contributed by atoms with E-state index in [-0.39, 0.29) is 35.2 Å². The minimum absolute atomic E-state index is 0.0915. The van der Waals surface area contributed by atoms with Crippen LogP contribution in [-0.4, -0.2) is 30.2 Å². The molecule has 0 unspecified atom stereocenters. The summed E-state index contributed by atoms with van der Waals surface area (Å²) in [5.74, 6) is -0.681. The molecule has 2 N–H and O–H groups in total. The van der Waals surface area contributed by atoms with E-state index in [0.29, 0.717) is 22.6 Å². The summed E-state index contributed by atoms with van der Waals surface area (Å²) < 4.78 is 3.79. The normalized spacial score (nSPS) is 11.5. The number of aromatic nitrogens is 4. The van der Waals surface area contributed by atoms with Crippen molar-refractivity contribution >= 4 is 34.3 Å². The average molecular weight is 500 g/mol. The van der Waals surface area contributed by atoms with Crippen molar-refractivity contribution in [3.05, 3.63) is 61.0 Å². The van der Waals surface area contributed by atoms with Gasteiger partial charge in [-0.1, -0.05) is 63.9 Å². The van der Waals surface area contributed by atoms with Gasteiger partial charge in [-0.25, -0.2) is 9.78 Å². The fourth-order valence-electron chi connectivity index (χ4n) is 3.94. The van der Waals surface area contributed by atoms with Gasteiger partial charge in [0.05, 0.1) is 16.7 Å². The van der Waals surface area contributed by atoms with Crippen molar-refractivity contribution in [2.24, 2.45) is 13.0 Å². The lowest BCUT2D eigenvalue weighted by atomic mass is 10.2. The van der Waals surface area contributed by atoms with Gasteiger partial charge in [-0.3, -0.25) is 28.1 Å². The number of unbranched alkanes of at least 4 members (excludes halogenated alkanes) is 3. The van der Waals surface area contributed by atoms with Crippen LogP contribution in [0.3, 0.4) is 0 Å². The number of anilines is 1. The molecule has 0 saturated heterocycles. The maximum Gasteiger partial charge on any atom is 0.332 e. The first-order valence-corrected chi connectivity index (χ1v) is 12.9. The zero-order valence-electron chi connectivity index (χ0n) is 20.7. The molecule has 0 amide bonds. The van der Waals surface area contributed by atoms with Gasteiger partial charge in [0.2, 0.25) is 0 Å². The van der Waals surface area contributed by atoms with Crippen LogP contribution in [-0.2, 0) is 20.1 Å². The molecule has 2 heterocycles. The number of ketones is 1. The number of benzene rings is 1. The second kappa shape index (κ2) is 11.5. The first-order valence-electron chi connectivity index (χ1n) is 11.9. The Morgan fingerprint density at radius 1 is 1.06 bits per heavy atom. The molecule has 35 heavy (non-hydrogen) atoms. The fraction of sp³-hybridized carbons (Fsp3) is 0.480. The first-order chi connectivity index (χ1) is 16.7. The van der Waals surface area contributed by atoms with Crippen LogP contribution in [0.2, 0.25) is 0 Å². The zero-order chi connectivity index (χ0) is 25.7. The van der Waals surface area contributed by atoms with Crippen LogP contribution in [0.15, 0.2) is 43.8 Å².